The maximum Gasteiger partial charge on any atom is 0.267 e. The first-order valence-corrected chi connectivity index (χ1v) is 11.4. The monoisotopic (exact) mass is 444 g/mol. The number of hydrogen-bond donors (Lipinski definition) is 2. The van der Waals surface area contributed by atoms with E-state index in [1.54, 1.807) is 35.3 Å². The number of carbonyl (C=O) groups excluding carboxylic acids is 1. The summed E-state index contributed by atoms with van der Waals surface area (Å²) in [7, 11) is 0. The highest BCUT2D eigenvalue weighted by Crippen LogP contribution is 2.12. The zero-order chi connectivity index (χ0) is 23.2. The van der Waals surface area contributed by atoms with Crippen LogP contribution in [-0.4, -0.2) is 31.4 Å². The molecule has 0 unspecified atom stereocenters. The van der Waals surface area contributed by atoms with Gasteiger partial charge in [0.2, 0.25) is 0 Å². The van der Waals surface area contributed by atoms with Gasteiger partial charge < -0.3 is 9.88 Å². The van der Waals surface area contributed by atoms with Crippen LogP contribution in [-0.2, 0) is 6.54 Å². The molecule has 4 aromatic rings. The van der Waals surface area contributed by atoms with Gasteiger partial charge in [-0.25, -0.2) is 4.98 Å². The molecule has 0 saturated heterocycles. The molecular weight excluding hydrogens is 416 g/mol. The third kappa shape index (κ3) is 4.84. The van der Waals surface area contributed by atoms with E-state index in [-0.39, 0.29) is 29.1 Å². The van der Waals surface area contributed by atoms with Crippen LogP contribution in [0.4, 0.5) is 0 Å². The van der Waals surface area contributed by atoms with E-state index in [1.807, 2.05) is 18.2 Å². The molecule has 0 bridgehead atoms. The third-order valence-electron chi connectivity index (χ3n) is 5.69. The summed E-state index contributed by atoms with van der Waals surface area (Å²) >= 11 is 0. The van der Waals surface area contributed by atoms with E-state index in [0.29, 0.717) is 23.2 Å². The summed E-state index contributed by atoms with van der Waals surface area (Å²) in [6.07, 6.45) is 10.5. The van der Waals surface area contributed by atoms with Gasteiger partial charge in [-0.15, -0.1) is 0 Å². The second kappa shape index (κ2) is 10.2. The third-order valence-corrected chi connectivity index (χ3v) is 5.69. The van der Waals surface area contributed by atoms with E-state index < -0.39 is 0 Å². The molecule has 0 radical (unpaired) electrons. The minimum absolute atomic E-state index is 0.0158. The molecule has 1 amide bonds. The quantitative estimate of drug-likeness (QED) is 0.305. The number of rotatable bonds is 9. The van der Waals surface area contributed by atoms with E-state index in [1.165, 1.54) is 23.3 Å². The standard InChI is InChI=1S/C25H28N6O2/c1-2-3-4-5-7-13-28-24(32)19-15-20-23(29-21-11-6-8-14-30(21)25(20)33)31(22(19)26)17-18-10-9-12-27-16-18/h6,8-12,14-16,26H,2-5,7,13,17H2,1H3,(H,28,32). The van der Waals surface area contributed by atoms with Crippen molar-refractivity contribution in [2.45, 2.75) is 45.6 Å². The largest absolute Gasteiger partial charge is 0.352 e. The Morgan fingerprint density at radius 3 is 2.76 bits per heavy atom. The van der Waals surface area contributed by atoms with Crippen molar-refractivity contribution in [2.24, 2.45) is 0 Å². The second-order valence-electron chi connectivity index (χ2n) is 8.11. The Morgan fingerprint density at radius 1 is 1.12 bits per heavy atom. The number of nitrogens with one attached hydrogen (secondary N) is 2. The molecule has 0 aliphatic rings. The van der Waals surface area contributed by atoms with E-state index in [9.17, 15) is 9.59 Å². The molecule has 170 valence electrons. The van der Waals surface area contributed by atoms with Gasteiger partial charge in [0.25, 0.3) is 11.5 Å². The van der Waals surface area contributed by atoms with Crippen molar-refractivity contribution in [3.63, 3.8) is 0 Å². The lowest BCUT2D eigenvalue weighted by molar-refractivity contribution is 0.0950. The zero-order valence-corrected chi connectivity index (χ0v) is 18.8. The lowest BCUT2D eigenvalue weighted by Crippen LogP contribution is -2.35. The molecule has 8 nitrogen and oxygen atoms in total. The van der Waals surface area contributed by atoms with Crippen molar-refractivity contribution < 1.29 is 4.79 Å². The van der Waals surface area contributed by atoms with Gasteiger partial charge in [0.15, 0.2) is 0 Å². The summed E-state index contributed by atoms with van der Waals surface area (Å²) in [6.45, 7) is 2.98. The first-order chi connectivity index (χ1) is 16.1. The van der Waals surface area contributed by atoms with E-state index in [4.69, 9.17) is 5.41 Å². The molecule has 0 fully saturated rings. The molecule has 0 spiro atoms. The average Bonchev–Trinajstić information content (AvgIpc) is 2.84. The highest BCUT2D eigenvalue weighted by atomic mass is 16.1. The molecule has 0 aliphatic carbocycles. The molecule has 33 heavy (non-hydrogen) atoms. The van der Waals surface area contributed by atoms with Crippen LogP contribution in [0.5, 0.6) is 0 Å². The number of aromatic nitrogens is 4. The number of hydrogen-bond acceptors (Lipinski definition) is 5. The van der Waals surface area contributed by atoms with Gasteiger partial charge in [0.1, 0.15) is 16.8 Å². The van der Waals surface area contributed by atoms with Crippen molar-refractivity contribution in [1.82, 2.24) is 24.3 Å². The van der Waals surface area contributed by atoms with Crippen LogP contribution in [0, 0.1) is 5.41 Å². The number of fused-ring (bicyclic) bond motifs is 2. The van der Waals surface area contributed by atoms with Crippen molar-refractivity contribution in [1.29, 1.82) is 5.41 Å². The summed E-state index contributed by atoms with van der Waals surface area (Å²) in [4.78, 5) is 35.0. The fourth-order valence-corrected chi connectivity index (χ4v) is 3.91. The Labute approximate surface area is 191 Å². The van der Waals surface area contributed by atoms with Crippen molar-refractivity contribution in [3.05, 3.63) is 82.0 Å². The van der Waals surface area contributed by atoms with Crippen molar-refractivity contribution >= 4 is 22.6 Å². The Morgan fingerprint density at radius 2 is 1.97 bits per heavy atom. The fourth-order valence-electron chi connectivity index (χ4n) is 3.91. The normalized spacial score (nSPS) is 11.2. The maximum absolute atomic E-state index is 13.2. The van der Waals surface area contributed by atoms with Crippen LogP contribution in [0.2, 0.25) is 0 Å². The minimum atomic E-state index is -0.352. The van der Waals surface area contributed by atoms with Gasteiger partial charge in [-0.3, -0.25) is 24.4 Å². The summed E-state index contributed by atoms with van der Waals surface area (Å²) in [5, 5.41) is 12.0. The molecule has 8 heteroatoms. The Kier molecular flexibility index (Phi) is 6.92. The molecule has 0 atom stereocenters. The highest BCUT2D eigenvalue weighted by Gasteiger charge is 2.17. The molecular formula is C25H28N6O2. The summed E-state index contributed by atoms with van der Waals surface area (Å²) in [5.41, 5.74) is 1.61. The molecule has 2 N–H and O–H groups in total. The first-order valence-electron chi connectivity index (χ1n) is 11.4. The minimum Gasteiger partial charge on any atom is -0.352 e. The highest BCUT2D eigenvalue weighted by molar-refractivity contribution is 5.96. The molecule has 4 heterocycles. The Hall–Kier alpha value is -3.81. The molecule has 0 aromatic carbocycles. The fraction of sp³-hybridized carbons (Fsp3) is 0.320. The number of pyridine rings is 3. The number of amides is 1. The summed E-state index contributed by atoms with van der Waals surface area (Å²) in [6, 6.07) is 10.5. The van der Waals surface area contributed by atoms with Gasteiger partial charge in [-0.05, 0) is 36.2 Å². The topological polar surface area (TPSA) is 105 Å². The Bertz CT molecular complexity index is 1390. The van der Waals surface area contributed by atoms with Gasteiger partial charge in [-0.1, -0.05) is 44.7 Å². The number of nitrogens with zero attached hydrogens (tertiary/aromatic N) is 4. The van der Waals surface area contributed by atoms with Gasteiger partial charge in [-0.2, -0.15) is 0 Å². The van der Waals surface area contributed by atoms with Crippen LogP contribution in [0.1, 0.15) is 54.9 Å². The summed E-state index contributed by atoms with van der Waals surface area (Å²) in [5.74, 6) is -0.352. The maximum atomic E-state index is 13.2. The van der Waals surface area contributed by atoms with E-state index in [0.717, 1.165) is 24.8 Å². The molecule has 0 saturated carbocycles. The van der Waals surface area contributed by atoms with Gasteiger partial charge >= 0.3 is 0 Å². The van der Waals surface area contributed by atoms with Crippen LogP contribution >= 0.6 is 0 Å². The van der Waals surface area contributed by atoms with Crippen molar-refractivity contribution in [2.75, 3.05) is 6.54 Å². The lowest BCUT2D eigenvalue weighted by atomic mass is 10.1. The molecule has 4 rings (SSSR count). The average molecular weight is 445 g/mol. The SMILES string of the molecule is CCCCCCCNC(=O)c1cc2c(=O)n3ccccc3nc2n(Cc2cccnc2)c1=N. The van der Waals surface area contributed by atoms with Crippen LogP contribution in [0.15, 0.2) is 59.8 Å². The molecule has 0 aliphatic heterocycles. The number of unbranched alkanes of at least 4 members (excludes halogenated alkanes) is 4. The van der Waals surface area contributed by atoms with Crippen molar-refractivity contribution in [3.8, 4) is 0 Å². The van der Waals surface area contributed by atoms with Crippen LogP contribution in [0.3, 0.4) is 0 Å². The van der Waals surface area contributed by atoms with Gasteiger partial charge in [0, 0.05) is 25.1 Å². The molecule has 4 aromatic heterocycles. The second-order valence-corrected chi connectivity index (χ2v) is 8.11. The van der Waals surface area contributed by atoms with E-state index in [2.05, 4.69) is 22.2 Å². The van der Waals surface area contributed by atoms with E-state index >= 15 is 0 Å². The smallest absolute Gasteiger partial charge is 0.267 e. The lowest BCUT2D eigenvalue weighted by Gasteiger charge is -2.15. The predicted octanol–water partition coefficient (Wildman–Crippen LogP) is 3.27. The summed E-state index contributed by atoms with van der Waals surface area (Å²) < 4.78 is 3.06. The number of carbonyl (C=O) groups is 1. The Balaban J connectivity index is 1.77. The van der Waals surface area contributed by atoms with Gasteiger partial charge in [0.05, 0.1) is 17.5 Å². The first kappa shape index (κ1) is 22.4. The predicted molar refractivity (Wildman–Crippen MR) is 127 cm³/mol. The van der Waals surface area contributed by atoms with Crippen LogP contribution < -0.4 is 16.4 Å². The zero-order valence-electron chi connectivity index (χ0n) is 18.8. The van der Waals surface area contributed by atoms with Crippen LogP contribution in [0.25, 0.3) is 16.7 Å².